The highest BCUT2D eigenvalue weighted by molar-refractivity contribution is 7.13. The molecule has 1 N–H and O–H groups in total. The largest absolute Gasteiger partial charge is 0.492 e. The van der Waals surface area contributed by atoms with Crippen molar-refractivity contribution in [3.8, 4) is 22.8 Å². The summed E-state index contributed by atoms with van der Waals surface area (Å²) in [6.07, 6.45) is 8.90. The molecule has 0 bridgehead atoms. The van der Waals surface area contributed by atoms with Gasteiger partial charge in [0, 0.05) is 82.2 Å². The van der Waals surface area contributed by atoms with Crippen molar-refractivity contribution in [3.63, 3.8) is 0 Å². The van der Waals surface area contributed by atoms with Crippen LogP contribution in [0.3, 0.4) is 0 Å². The second-order valence-corrected chi connectivity index (χ2v) is 16.1. The molecule has 1 aliphatic carbocycles. The van der Waals surface area contributed by atoms with E-state index in [0.29, 0.717) is 41.9 Å². The molecule has 2 saturated heterocycles. The van der Waals surface area contributed by atoms with Gasteiger partial charge >= 0.3 is 5.97 Å². The molecule has 3 aliphatic rings. The number of nitrogens with zero attached hydrogens (tertiary/aromatic N) is 6. The molecular formula is C42H51ClN6O6S. The normalized spacial score (nSPS) is 18.3. The van der Waals surface area contributed by atoms with E-state index in [-0.39, 0.29) is 30.7 Å². The van der Waals surface area contributed by atoms with Crippen LogP contribution in [0.5, 0.6) is 11.6 Å². The van der Waals surface area contributed by atoms with E-state index in [1.165, 1.54) is 11.5 Å². The maximum atomic E-state index is 12.8. The Bertz CT molecular complexity index is 2060. The van der Waals surface area contributed by atoms with Gasteiger partial charge in [-0.15, -0.1) is 0 Å². The number of rotatable bonds is 16. The third-order valence-corrected chi connectivity index (χ3v) is 12.5. The third kappa shape index (κ3) is 9.18. The minimum atomic E-state index is -1.26. The molecule has 0 amide bonds. The Balaban J connectivity index is 1.12. The van der Waals surface area contributed by atoms with Gasteiger partial charge in [-0.1, -0.05) is 36.7 Å². The molecular weight excluding hydrogens is 752 g/mol. The lowest BCUT2D eigenvalue weighted by atomic mass is 9.79. The van der Waals surface area contributed by atoms with Crippen LogP contribution in [-0.2, 0) is 20.9 Å². The molecule has 1 aromatic carbocycles. The van der Waals surface area contributed by atoms with Crippen molar-refractivity contribution < 1.29 is 28.8 Å². The highest BCUT2D eigenvalue weighted by Gasteiger charge is 2.31. The van der Waals surface area contributed by atoms with Crippen LogP contribution in [0.1, 0.15) is 80.1 Å². The van der Waals surface area contributed by atoms with Crippen LogP contribution in [0, 0.1) is 6.92 Å². The van der Waals surface area contributed by atoms with Gasteiger partial charge in [0.25, 0.3) is 0 Å². The van der Waals surface area contributed by atoms with Crippen LogP contribution in [-0.4, -0.2) is 106 Å². The van der Waals surface area contributed by atoms with Gasteiger partial charge in [-0.2, -0.15) is 4.37 Å². The summed E-state index contributed by atoms with van der Waals surface area (Å²) in [5.41, 5.74) is 4.95. The number of likely N-dealkylation sites (N-methyl/N-ethyl adjacent to an activating group) is 1. The average molecular weight is 803 g/mol. The molecule has 1 unspecified atom stereocenters. The van der Waals surface area contributed by atoms with Crippen LogP contribution in [0.4, 0.5) is 0 Å². The Morgan fingerprint density at radius 1 is 1.12 bits per heavy atom. The van der Waals surface area contributed by atoms with Crippen molar-refractivity contribution in [3.05, 3.63) is 82.4 Å². The maximum Gasteiger partial charge on any atom is 0.345 e. The highest BCUT2D eigenvalue weighted by atomic mass is 35.5. The molecule has 2 aliphatic heterocycles. The van der Waals surface area contributed by atoms with Gasteiger partial charge in [0.05, 0.1) is 32.3 Å². The van der Waals surface area contributed by atoms with E-state index in [2.05, 4.69) is 32.8 Å². The molecule has 298 valence electrons. The fourth-order valence-electron chi connectivity index (χ4n) is 7.47. The summed E-state index contributed by atoms with van der Waals surface area (Å²) in [4.78, 5) is 31.7. The first-order valence-electron chi connectivity index (χ1n) is 19.6. The molecule has 14 heteroatoms. The highest BCUT2D eigenvalue weighted by Crippen LogP contribution is 2.48. The fourth-order valence-corrected chi connectivity index (χ4v) is 8.39. The molecule has 0 spiro atoms. The van der Waals surface area contributed by atoms with Gasteiger partial charge in [-0.3, -0.25) is 9.88 Å². The number of fused-ring (bicyclic) bond motifs is 1. The molecule has 56 heavy (non-hydrogen) atoms. The van der Waals surface area contributed by atoms with Gasteiger partial charge in [-0.25, -0.2) is 14.8 Å². The zero-order valence-corrected chi connectivity index (χ0v) is 34.0. The first-order valence-corrected chi connectivity index (χ1v) is 20.7. The number of aliphatic carboxylic acids is 1. The zero-order chi connectivity index (χ0) is 39.2. The van der Waals surface area contributed by atoms with Crippen LogP contribution < -0.4 is 9.47 Å². The van der Waals surface area contributed by atoms with E-state index >= 15 is 0 Å². The number of carboxylic acid groups (broad SMARTS) is 1. The van der Waals surface area contributed by atoms with Gasteiger partial charge in [0.2, 0.25) is 12.0 Å². The van der Waals surface area contributed by atoms with Gasteiger partial charge in [-0.05, 0) is 86.9 Å². The number of benzene rings is 1. The number of hydrogen-bond acceptors (Lipinski definition) is 12. The number of halogens is 1. The molecule has 12 nitrogen and oxygen atoms in total. The Hall–Kier alpha value is -4.14. The Morgan fingerprint density at radius 3 is 2.62 bits per heavy atom. The molecule has 5 heterocycles. The first-order chi connectivity index (χ1) is 27.2. The summed E-state index contributed by atoms with van der Waals surface area (Å²) in [6.45, 7) is 14.9. The lowest BCUT2D eigenvalue weighted by Crippen LogP contribution is -2.45. The van der Waals surface area contributed by atoms with Crippen LogP contribution >= 0.6 is 23.1 Å². The van der Waals surface area contributed by atoms with E-state index in [0.717, 1.165) is 109 Å². The summed E-state index contributed by atoms with van der Waals surface area (Å²) >= 11 is 8.28. The van der Waals surface area contributed by atoms with E-state index in [4.69, 9.17) is 40.5 Å². The van der Waals surface area contributed by atoms with Crippen LogP contribution in [0.15, 0.2) is 54.6 Å². The summed E-state index contributed by atoms with van der Waals surface area (Å²) in [5, 5.41) is 11.7. The monoisotopic (exact) mass is 802 g/mol. The quantitative estimate of drug-likeness (QED) is 0.0876. The maximum absolute atomic E-state index is 12.8. The molecule has 1 saturated carbocycles. The number of ether oxygens (including phenoxy) is 4. The number of carbonyl (C=O) groups is 1. The third-order valence-electron chi connectivity index (χ3n) is 11.3. The second-order valence-electron chi connectivity index (χ2n) is 14.9. The number of pyridine rings is 1. The Kier molecular flexibility index (Phi) is 13.2. The minimum absolute atomic E-state index is 0.0156. The average Bonchev–Trinajstić information content (AvgIpc) is 3.60. The number of carboxylic acids is 1. The van der Waals surface area contributed by atoms with Crippen LogP contribution in [0.25, 0.3) is 21.2 Å². The van der Waals surface area contributed by atoms with E-state index in [1.54, 1.807) is 19.2 Å². The van der Waals surface area contributed by atoms with Gasteiger partial charge in [0.15, 0.2) is 0 Å². The molecule has 0 radical (unpaired) electrons. The minimum Gasteiger partial charge on any atom is -0.492 e. The predicted octanol–water partition coefficient (Wildman–Crippen LogP) is 7.80. The number of aromatic nitrogens is 4. The first kappa shape index (κ1) is 40.1. The topological polar surface area (TPSA) is 132 Å². The van der Waals surface area contributed by atoms with Gasteiger partial charge in [0.1, 0.15) is 24.8 Å². The second kappa shape index (κ2) is 18.4. The SMILES string of the molecule is C=C/C(CC(Oc1nsc2cnc(C3CCC3)c(-c3ccc(OCCN4CCN(C)CC4)c(Cl)c3C)c12)C(=O)O)=C(\C)OCc1ccnc(C2CCOCC2)n1. The molecule has 7 rings (SSSR count). The number of allylic oxidation sites excluding steroid dienone is 2. The van der Waals surface area contributed by atoms with Crippen LogP contribution in [0.2, 0.25) is 5.02 Å². The fraction of sp³-hybridized carbons (Fsp3) is 0.500. The zero-order valence-electron chi connectivity index (χ0n) is 32.5. The number of piperazine rings is 1. The smallest absolute Gasteiger partial charge is 0.345 e. The molecule has 4 aromatic rings. The molecule has 3 aromatic heterocycles. The lowest BCUT2D eigenvalue weighted by Gasteiger charge is -2.32. The Labute approximate surface area is 337 Å². The van der Waals surface area contributed by atoms with Crippen molar-refractivity contribution in [2.45, 2.75) is 76.9 Å². The number of hydrogen-bond donors (Lipinski definition) is 1. The predicted molar refractivity (Wildman–Crippen MR) is 218 cm³/mol. The van der Waals surface area contributed by atoms with Crippen molar-refractivity contribution >= 4 is 39.2 Å². The van der Waals surface area contributed by atoms with E-state index in [1.807, 2.05) is 31.3 Å². The van der Waals surface area contributed by atoms with Crippen molar-refractivity contribution in [2.75, 3.05) is 59.6 Å². The van der Waals surface area contributed by atoms with Crippen molar-refractivity contribution in [1.82, 2.24) is 29.1 Å². The standard InChI is InChI=1S/C42H51ClN6O6S/c1-5-28(27(3)54-25-31-11-14-44-40(46-31)30-12-20-52-21-13-30)23-34(42(50)51)55-41-37-35(56-47-41)24-45-39(29-7-6-8-29)36(37)32-9-10-33(38(43)26(32)2)53-22-19-49-17-15-48(4)16-18-49/h5,9-11,14,24,29-30,34H,1,6-8,12-13,15-23,25H2,2-4H3,(H,50,51)/b28-27-. The van der Waals surface area contributed by atoms with Crippen molar-refractivity contribution in [2.24, 2.45) is 0 Å². The molecule has 3 fully saturated rings. The lowest BCUT2D eigenvalue weighted by molar-refractivity contribution is -0.145. The Morgan fingerprint density at radius 2 is 1.91 bits per heavy atom. The summed E-state index contributed by atoms with van der Waals surface area (Å²) in [7, 11) is 2.15. The molecule has 1 atom stereocenters. The van der Waals surface area contributed by atoms with Crippen molar-refractivity contribution in [1.29, 1.82) is 0 Å². The van der Waals surface area contributed by atoms with E-state index in [9.17, 15) is 9.90 Å². The summed E-state index contributed by atoms with van der Waals surface area (Å²) in [6, 6.07) is 5.79. The summed E-state index contributed by atoms with van der Waals surface area (Å²) < 4.78 is 29.7. The summed E-state index contributed by atoms with van der Waals surface area (Å²) in [5.74, 6) is 1.63. The van der Waals surface area contributed by atoms with E-state index < -0.39 is 12.1 Å². The van der Waals surface area contributed by atoms with Gasteiger partial charge < -0.3 is 29.0 Å².